The van der Waals surface area contributed by atoms with E-state index in [2.05, 4.69) is 430 Å². The molecule has 0 radical (unpaired) electrons. The Kier molecular flexibility index (Phi) is 17.0. The van der Waals surface area contributed by atoms with Crippen molar-refractivity contribution in [2.24, 2.45) is 0 Å². The fourth-order valence-electron chi connectivity index (χ4n) is 18.2. The van der Waals surface area contributed by atoms with Crippen LogP contribution in [0.15, 0.2) is 322 Å². The SMILES string of the molecule is CC(C)(C)c1ccc2c(c1)c1cc(C(C)(C)C)ccc1n2-c1ccc2c(c1)N(c1c(-c3ccccc3)cc(-c3ccccc3)cc1-c1ccccc1)c1c(C#N)cc(C#N)c3c1B2c1ccc(-n2c4ccc(C(C)(C)C)cc4c4cc(C(C)(C)C)ccc42)cc1N3c1c(-c2ccccc2)cc(-c2ccccc2)cc1-c1ccccc1. The second-order valence-electron chi connectivity index (χ2n) is 35.5. The van der Waals surface area contributed by atoms with Gasteiger partial charge in [0.1, 0.15) is 12.1 Å². The van der Waals surface area contributed by atoms with Gasteiger partial charge in [-0.15, -0.1) is 0 Å². The highest BCUT2D eigenvalue weighted by atomic mass is 15.2. The van der Waals surface area contributed by atoms with E-state index in [1.807, 2.05) is 6.07 Å². The summed E-state index contributed by atoms with van der Waals surface area (Å²) in [6.07, 6.45) is 0. The molecule has 2 aliphatic rings. The van der Waals surface area contributed by atoms with Crippen molar-refractivity contribution in [1.29, 1.82) is 10.5 Å². The minimum Gasteiger partial charge on any atom is -0.309 e. The fraction of sp³-hybridized carbons (Fsp3) is 0.148. The molecular formula is C108H89BN6. The van der Waals surface area contributed by atoms with E-state index in [0.717, 1.165) is 139 Å². The maximum atomic E-state index is 12.7. The van der Waals surface area contributed by atoms with Crippen LogP contribution in [0.5, 0.6) is 0 Å². The van der Waals surface area contributed by atoms with Gasteiger partial charge < -0.3 is 18.9 Å². The van der Waals surface area contributed by atoms with E-state index in [4.69, 9.17) is 0 Å². The standard InChI is InChI=1S/C108H89BN6/c1-105(2,3)78-43-51-94-88(60-78)89-61-79(106(4,5)6)44-52-95(89)112(94)82-47-49-92-98(64-82)114(103-84(70-35-23-15-24-36-70)56-74(68-31-19-13-20-32-68)57-85(103)71-37-25-16-26-38-71)101-76(66-110)55-77(67-111)102-100(101)109(92)93-50-48-83(113-96-53-45-80(107(7,8)9)62-90(96)91-63-81(108(10,11)12)46-54-97(91)113)65-99(93)115(102)104-86(72-39-27-17-28-40-72)58-75(69-33-21-14-22-34-69)59-87(104)73-41-29-18-30-42-73/h13-65H,1-12H3. The highest BCUT2D eigenvalue weighted by Gasteiger charge is 2.48. The Morgan fingerprint density at radius 2 is 0.513 bits per heavy atom. The molecule has 4 heterocycles. The van der Waals surface area contributed by atoms with Gasteiger partial charge in [-0.2, -0.15) is 10.5 Å². The maximum absolute atomic E-state index is 12.7. The zero-order chi connectivity index (χ0) is 79.1. The molecule has 0 N–H and O–H groups in total. The van der Waals surface area contributed by atoms with Gasteiger partial charge in [0.25, 0.3) is 6.71 Å². The Hall–Kier alpha value is -13.5. The molecule has 19 rings (SSSR count). The zero-order valence-electron chi connectivity index (χ0n) is 67.4. The van der Waals surface area contributed by atoms with Crippen LogP contribution < -0.4 is 26.2 Å². The largest absolute Gasteiger partial charge is 0.309 e. The molecule has 7 heteroatoms. The van der Waals surface area contributed by atoms with Crippen LogP contribution in [0.4, 0.5) is 34.1 Å². The molecule has 2 aliphatic heterocycles. The summed E-state index contributed by atoms with van der Waals surface area (Å²) < 4.78 is 4.95. The lowest BCUT2D eigenvalue weighted by Gasteiger charge is -2.46. The molecule has 15 aromatic carbocycles. The summed E-state index contributed by atoms with van der Waals surface area (Å²) in [7, 11) is 0. The average molecular weight is 1480 g/mol. The van der Waals surface area contributed by atoms with Gasteiger partial charge in [0.15, 0.2) is 0 Å². The molecule has 0 atom stereocenters. The Bertz CT molecular complexity index is 6200. The topological polar surface area (TPSA) is 63.9 Å². The fourth-order valence-corrected chi connectivity index (χ4v) is 18.2. The minimum atomic E-state index is -0.567. The molecule has 0 amide bonds. The minimum absolute atomic E-state index is 0.115. The summed E-state index contributed by atoms with van der Waals surface area (Å²) in [5.41, 5.74) is 31.8. The van der Waals surface area contributed by atoms with Crippen LogP contribution in [0.3, 0.4) is 0 Å². The molecule has 0 saturated carbocycles. The predicted octanol–water partition coefficient (Wildman–Crippen LogP) is 26.9. The first kappa shape index (κ1) is 71.8. The van der Waals surface area contributed by atoms with Crippen LogP contribution in [0.2, 0.25) is 0 Å². The van der Waals surface area contributed by atoms with E-state index in [0.29, 0.717) is 22.5 Å². The Morgan fingerprint density at radius 1 is 0.252 bits per heavy atom. The number of aromatic nitrogens is 2. The van der Waals surface area contributed by atoms with Crippen LogP contribution in [0.1, 0.15) is 116 Å². The van der Waals surface area contributed by atoms with Crippen molar-refractivity contribution in [2.45, 2.75) is 105 Å². The van der Waals surface area contributed by atoms with Gasteiger partial charge in [-0.25, -0.2) is 0 Å². The summed E-state index contributed by atoms with van der Waals surface area (Å²) >= 11 is 0. The van der Waals surface area contributed by atoms with Crippen LogP contribution in [-0.2, 0) is 21.7 Å². The van der Waals surface area contributed by atoms with Crippen LogP contribution >= 0.6 is 0 Å². The number of rotatable bonds is 10. The Morgan fingerprint density at radius 3 is 0.765 bits per heavy atom. The zero-order valence-corrected chi connectivity index (χ0v) is 67.4. The quantitative estimate of drug-likeness (QED) is 0.128. The van der Waals surface area contributed by atoms with Gasteiger partial charge in [0.2, 0.25) is 0 Å². The maximum Gasteiger partial charge on any atom is 0.252 e. The molecular weight excluding hydrogens is 1390 g/mol. The molecule has 17 aromatic rings. The predicted molar refractivity (Wildman–Crippen MR) is 486 cm³/mol. The van der Waals surface area contributed by atoms with Crippen molar-refractivity contribution >= 4 is 101 Å². The summed E-state index contributed by atoms with van der Waals surface area (Å²) in [6, 6.07) is 124. The third-order valence-corrected chi connectivity index (χ3v) is 24.1. The molecule has 0 spiro atoms. The Balaban J connectivity index is 1.00. The number of hydrogen-bond acceptors (Lipinski definition) is 4. The van der Waals surface area contributed by atoms with Gasteiger partial charge in [-0.05, 0) is 208 Å². The van der Waals surface area contributed by atoms with Crippen molar-refractivity contribution in [3.63, 3.8) is 0 Å². The lowest BCUT2D eigenvalue weighted by molar-refractivity contribution is 0.590. The molecule has 0 aliphatic carbocycles. The van der Waals surface area contributed by atoms with E-state index >= 15 is 0 Å². The van der Waals surface area contributed by atoms with Crippen LogP contribution in [-0.4, -0.2) is 15.8 Å². The first-order chi connectivity index (χ1) is 55.5. The van der Waals surface area contributed by atoms with Crippen molar-refractivity contribution in [2.75, 3.05) is 9.80 Å². The van der Waals surface area contributed by atoms with E-state index in [1.54, 1.807) is 0 Å². The first-order valence-electron chi connectivity index (χ1n) is 40.3. The number of nitrogens with zero attached hydrogens (tertiary/aromatic N) is 6. The van der Waals surface area contributed by atoms with Gasteiger partial charge in [0, 0.05) is 66.5 Å². The summed E-state index contributed by atoms with van der Waals surface area (Å²) in [4.78, 5) is 4.91. The van der Waals surface area contributed by atoms with E-state index < -0.39 is 6.71 Å². The monoisotopic (exact) mass is 1480 g/mol. The lowest BCUT2D eigenvalue weighted by atomic mass is 9.33. The number of benzene rings is 15. The molecule has 0 saturated heterocycles. The first-order valence-corrected chi connectivity index (χ1v) is 40.3. The third kappa shape index (κ3) is 12.1. The second kappa shape index (κ2) is 27.2. The normalized spacial score (nSPS) is 12.8. The van der Waals surface area contributed by atoms with Crippen molar-refractivity contribution < 1.29 is 0 Å². The van der Waals surface area contributed by atoms with Crippen LogP contribution in [0.25, 0.3) is 122 Å². The molecule has 0 unspecified atom stereocenters. The average Bonchev–Trinajstić information content (AvgIpc) is 0.918. The lowest BCUT2D eigenvalue weighted by Crippen LogP contribution is -2.62. The summed E-state index contributed by atoms with van der Waals surface area (Å²) in [5.74, 6) is 0. The third-order valence-electron chi connectivity index (χ3n) is 24.1. The van der Waals surface area contributed by atoms with E-state index in [-0.39, 0.29) is 21.7 Å². The van der Waals surface area contributed by atoms with Crippen molar-refractivity contribution in [1.82, 2.24) is 9.13 Å². The van der Waals surface area contributed by atoms with E-state index in [1.165, 1.54) is 43.8 Å². The second-order valence-corrected chi connectivity index (χ2v) is 35.5. The van der Waals surface area contributed by atoms with Gasteiger partial charge >= 0.3 is 0 Å². The molecule has 554 valence electrons. The van der Waals surface area contributed by atoms with Crippen molar-refractivity contribution in [3.8, 4) is 90.3 Å². The Labute approximate surface area is 675 Å². The van der Waals surface area contributed by atoms with Gasteiger partial charge in [0.05, 0.1) is 55.9 Å². The molecule has 0 fully saturated rings. The van der Waals surface area contributed by atoms with Crippen molar-refractivity contribution in [3.05, 3.63) is 355 Å². The molecule has 2 aromatic heterocycles. The summed E-state index contributed by atoms with van der Waals surface area (Å²) in [5, 5.41) is 30.1. The number of anilines is 6. The smallest absolute Gasteiger partial charge is 0.252 e. The molecule has 115 heavy (non-hydrogen) atoms. The van der Waals surface area contributed by atoms with Gasteiger partial charge in [-0.3, -0.25) is 0 Å². The molecule has 0 bridgehead atoms. The number of hydrogen-bond donors (Lipinski definition) is 0. The molecule has 6 nitrogen and oxygen atoms in total. The van der Waals surface area contributed by atoms with Gasteiger partial charge in [-0.1, -0.05) is 301 Å². The number of nitriles is 2. The summed E-state index contributed by atoms with van der Waals surface area (Å²) in [6.45, 7) is 27.0. The highest BCUT2D eigenvalue weighted by molar-refractivity contribution is 7.00. The number of fused-ring (bicyclic) bond motifs is 10. The van der Waals surface area contributed by atoms with Crippen LogP contribution in [0, 0.1) is 22.7 Å². The van der Waals surface area contributed by atoms with E-state index in [9.17, 15) is 10.5 Å². The highest BCUT2D eigenvalue weighted by Crippen LogP contribution is 2.57.